The van der Waals surface area contributed by atoms with Gasteiger partial charge in [0.15, 0.2) is 0 Å². The van der Waals surface area contributed by atoms with Crippen molar-refractivity contribution in [2.45, 2.75) is 45.4 Å². The summed E-state index contributed by atoms with van der Waals surface area (Å²) in [7, 11) is 0. The van der Waals surface area contributed by atoms with E-state index in [1.54, 1.807) is 0 Å². The van der Waals surface area contributed by atoms with Crippen molar-refractivity contribution < 1.29 is 4.79 Å². The van der Waals surface area contributed by atoms with Crippen molar-refractivity contribution in [3.05, 3.63) is 0 Å². The van der Waals surface area contributed by atoms with Crippen LogP contribution >= 0.6 is 0 Å². The summed E-state index contributed by atoms with van der Waals surface area (Å²) in [5, 5.41) is 0. The summed E-state index contributed by atoms with van der Waals surface area (Å²) < 4.78 is 0. The molecule has 2 bridgehead atoms. The molecule has 0 N–H and O–H groups in total. The van der Waals surface area contributed by atoms with E-state index in [0.717, 1.165) is 17.8 Å². The first-order valence-electron chi connectivity index (χ1n) is 5.76. The Kier molecular flexibility index (Phi) is 1.46. The van der Waals surface area contributed by atoms with E-state index < -0.39 is 0 Å². The van der Waals surface area contributed by atoms with Crippen LogP contribution in [0.25, 0.3) is 0 Å². The minimum Gasteiger partial charge on any atom is -0.299 e. The molecule has 0 aliphatic heterocycles. The first-order chi connectivity index (χ1) is 6.25. The second kappa shape index (κ2) is 2.37. The molecule has 1 heteroatoms. The van der Waals surface area contributed by atoms with Crippen LogP contribution in [0.1, 0.15) is 45.4 Å². The molecular weight excluding hydrogens is 160 g/mol. The highest BCUT2D eigenvalue weighted by molar-refractivity contribution is 5.84. The fourth-order valence-electron chi connectivity index (χ4n) is 4.79. The van der Waals surface area contributed by atoms with Crippen LogP contribution in [0, 0.1) is 23.2 Å². The van der Waals surface area contributed by atoms with Gasteiger partial charge in [0.05, 0.1) is 0 Å². The summed E-state index contributed by atoms with van der Waals surface area (Å²) >= 11 is 0. The summed E-state index contributed by atoms with van der Waals surface area (Å²) in [6, 6.07) is 0. The first-order valence-corrected chi connectivity index (χ1v) is 5.76. The molecule has 3 fully saturated rings. The fraction of sp³-hybridized carbons (Fsp3) is 0.917. The molecule has 0 aromatic carbocycles. The number of hydrogen-bond donors (Lipinski definition) is 0. The Hall–Kier alpha value is -0.330. The van der Waals surface area contributed by atoms with E-state index >= 15 is 0 Å². The third-order valence-corrected chi connectivity index (χ3v) is 5.19. The van der Waals surface area contributed by atoms with Gasteiger partial charge in [-0.3, -0.25) is 4.79 Å². The predicted molar refractivity (Wildman–Crippen MR) is 51.3 cm³/mol. The predicted octanol–water partition coefficient (Wildman–Crippen LogP) is 2.79. The highest BCUT2D eigenvalue weighted by Gasteiger charge is 2.61. The summed E-state index contributed by atoms with van der Waals surface area (Å²) in [6.07, 6.45) is 8.03. The lowest BCUT2D eigenvalue weighted by molar-refractivity contribution is -0.131. The normalized spacial score (nSPS) is 52.5. The highest BCUT2D eigenvalue weighted by Crippen LogP contribution is 2.66. The lowest BCUT2D eigenvalue weighted by Crippen LogP contribution is -2.38. The van der Waals surface area contributed by atoms with Crippen molar-refractivity contribution in [3.8, 4) is 0 Å². The van der Waals surface area contributed by atoms with Crippen LogP contribution < -0.4 is 0 Å². The maximum Gasteiger partial charge on any atom is 0.136 e. The van der Waals surface area contributed by atoms with Gasteiger partial charge in [0.2, 0.25) is 0 Å². The maximum absolute atomic E-state index is 11.8. The topological polar surface area (TPSA) is 17.1 Å². The van der Waals surface area contributed by atoms with Crippen molar-refractivity contribution in [2.24, 2.45) is 23.2 Å². The lowest BCUT2D eigenvalue weighted by Gasteiger charge is -2.37. The second-order valence-electron chi connectivity index (χ2n) is 5.37. The molecule has 3 saturated carbocycles. The van der Waals surface area contributed by atoms with Crippen LogP contribution in [0.3, 0.4) is 0 Å². The Labute approximate surface area is 79.9 Å². The highest BCUT2D eigenvalue weighted by atomic mass is 16.1. The average molecular weight is 178 g/mol. The summed E-state index contributed by atoms with van der Waals surface area (Å²) in [5.41, 5.74) is 0.183. The number of carbonyl (C=O) groups is 1. The number of carbonyl (C=O) groups excluding carboxylic acids is 1. The molecule has 72 valence electrons. The second-order valence-corrected chi connectivity index (χ2v) is 5.37. The van der Waals surface area contributed by atoms with E-state index in [9.17, 15) is 4.79 Å². The van der Waals surface area contributed by atoms with Crippen molar-refractivity contribution in [2.75, 3.05) is 0 Å². The Morgan fingerprint density at radius 1 is 1.31 bits per heavy atom. The molecule has 0 aromatic rings. The molecule has 3 aliphatic rings. The minimum absolute atomic E-state index is 0.183. The molecule has 4 atom stereocenters. The molecule has 0 radical (unpaired) electrons. The zero-order chi connectivity index (χ0) is 9.05. The van der Waals surface area contributed by atoms with E-state index in [1.165, 1.54) is 38.5 Å². The molecule has 0 saturated heterocycles. The van der Waals surface area contributed by atoms with Crippen LogP contribution in [-0.4, -0.2) is 5.78 Å². The van der Waals surface area contributed by atoms with Gasteiger partial charge in [-0.1, -0.05) is 6.42 Å². The standard InChI is InChI=1S/C12H18O/c1-8(13)12-6-2-3-11(12)9-4-5-10(12)7-9/h9-11H,2-7H2,1H3/t9-,10+,11+,12+/m0/s1. The molecule has 0 amide bonds. The maximum atomic E-state index is 11.8. The lowest BCUT2D eigenvalue weighted by atomic mass is 9.66. The Balaban J connectivity index is 2.04. The quantitative estimate of drug-likeness (QED) is 0.603. The number of fused-ring (bicyclic) bond motifs is 5. The SMILES string of the molecule is CC(=O)[C@@]12CCC[C@@H]1[C@H]1CC[C@@H]2C1. The molecule has 0 unspecified atom stereocenters. The molecule has 1 nitrogen and oxygen atoms in total. The molecule has 0 heterocycles. The van der Waals surface area contributed by atoms with Gasteiger partial charge < -0.3 is 0 Å². The van der Waals surface area contributed by atoms with E-state index in [0.29, 0.717) is 5.78 Å². The zero-order valence-electron chi connectivity index (χ0n) is 8.38. The van der Waals surface area contributed by atoms with Crippen molar-refractivity contribution >= 4 is 5.78 Å². The van der Waals surface area contributed by atoms with Crippen molar-refractivity contribution in [3.63, 3.8) is 0 Å². The van der Waals surface area contributed by atoms with Crippen LogP contribution in [-0.2, 0) is 4.79 Å². The van der Waals surface area contributed by atoms with Gasteiger partial charge in [-0.2, -0.15) is 0 Å². The largest absolute Gasteiger partial charge is 0.299 e. The van der Waals surface area contributed by atoms with E-state index in [1.807, 2.05) is 6.92 Å². The van der Waals surface area contributed by atoms with Gasteiger partial charge in [-0.05, 0) is 56.8 Å². The summed E-state index contributed by atoms with van der Waals surface area (Å²) in [6.45, 7) is 1.85. The smallest absolute Gasteiger partial charge is 0.136 e. The number of Topliss-reactive ketones (excluding diaryl/α,β-unsaturated/α-hetero) is 1. The fourth-order valence-corrected chi connectivity index (χ4v) is 4.79. The van der Waals surface area contributed by atoms with Crippen molar-refractivity contribution in [1.29, 1.82) is 0 Å². The number of rotatable bonds is 1. The van der Waals surface area contributed by atoms with Crippen molar-refractivity contribution in [1.82, 2.24) is 0 Å². The average Bonchev–Trinajstić information content (AvgIpc) is 2.76. The van der Waals surface area contributed by atoms with Gasteiger partial charge in [0.25, 0.3) is 0 Å². The third-order valence-electron chi connectivity index (χ3n) is 5.19. The number of hydrogen-bond acceptors (Lipinski definition) is 1. The molecule has 13 heavy (non-hydrogen) atoms. The van der Waals surface area contributed by atoms with Crippen LogP contribution in [0.2, 0.25) is 0 Å². The Bertz CT molecular complexity index is 258. The summed E-state index contributed by atoms with van der Waals surface area (Å²) in [4.78, 5) is 11.8. The van der Waals surface area contributed by atoms with E-state index in [-0.39, 0.29) is 5.41 Å². The van der Waals surface area contributed by atoms with E-state index in [4.69, 9.17) is 0 Å². The van der Waals surface area contributed by atoms with Gasteiger partial charge in [-0.25, -0.2) is 0 Å². The van der Waals surface area contributed by atoms with Gasteiger partial charge in [-0.15, -0.1) is 0 Å². The Morgan fingerprint density at radius 2 is 2.15 bits per heavy atom. The van der Waals surface area contributed by atoms with E-state index in [2.05, 4.69) is 0 Å². The monoisotopic (exact) mass is 178 g/mol. The number of ketones is 1. The molecule has 0 aromatic heterocycles. The van der Waals surface area contributed by atoms with Crippen LogP contribution in [0.5, 0.6) is 0 Å². The molecule has 0 spiro atoms. The van der Waals surface area contributed by atoms with Gasteiger partial charge in [0.1, 0.15) is 5.78 Å². The van der Waals surface area contributed by atoms with Gasteiger partial charge in [0, 0.05) is 5.41 Å². The minimum atomic E-state index is 0.183. The van der Waals surface area contributed by atoms with Gasteiger partial charge >= 0.3 is 0 Å². The molecule has 3 rings (SSSR count). The third kappa shape index (κ3) is 0.769. The van der Waals surface area contributed by atoms with Crippen LogP contribution in [0.4, 0.5) is 0 Å². The molecule has 3 aliphatic carbocycles. The zero-order valence-corrected chi connectivity index (χ0v) is 8.38. The Morgan fingerprint density at radius 3 is 2.85 bits per heavy atom. The summed E-state index contributed by atoms with van der Waals surface area (Å²) in [5.74, 6) is 3.02. The molecular formula is C12H18O. The first kappa shape index (κ1) is 8.02. The van der Waals surface area contributed by atoms with Crippen LogP contribution in [0.15, 0.2) is 0 Å².